The first-order chi connectivity index (χ1) is 9.78. The highest BCUT2D eigenvalue weighted by Gasteiger charge is 2.03. The first kappa shape index (κ1) is 14.1. The summed E-state index contributed by atoms with van der Waals surface area (Å²) in [5.41, 5.74) is 2.02. The van der Waals surface area contributed by atoms with E-state index in [1.807, 2.05) is 42.5 Å². The normalized spacial score (nSPS) is 10.1. The lowest BCUT2D eigenvalue weighted by molar-refractivity contribution is -0.123. The van der Waals surface area contributed by atoms with E-state index in [9.17, 15) is 4.79 Å². The lowest BCUT2D eigenvalue weighted by Crippen LogP contribution is -2.28. The van der Waals surface area contributed by atoms with Crippen LogP contribution in [-0.2, 0) is 17.8 Å². The first-order valence-electron chi connectivity index (χ1n) is 6.66. The molecule has 0 saturated heterocycles. The molecule has 1 aromatic heterocycles. The largest absolute Gasteiger partial charge is 0.484 e. The van der Waals surface area contributed by atoms with Crippen LogP contribution in [-0.4, -0.2) is 17.5 Å². The number of carbonyl (C=O) groups is 1. The number of carbonyl (C=O) groups excluding carboxylic acids is 1. The number of benzene rings is 1. The maximum atomic E-state index is 11.7. The smallest absolute Gasteiger partial charge is 0.258 e. The number of nitrogens with zero attached hydrogens (tertiary/aromatic N) is 1. The van der Waals surface area contributed by atoms with Gasteiger partial charge in [0.05, 0.1) is 12.2 Å². The van der Waals surface area contributed by atoms with Crippen molar-refractivity contribution >= 4 is 5.91 Å². The van der Waals surface area contributed by atoms with Crippen molar-refractivity contribution in [1.82, 2.24) is 10.3 Å². The minimum Gasteiger partial charge on any atom is -0.484 e. The number of pyridine rings is 1. The van der Waals surface area contributed by atoms with Crippen LogP contribution in [0.4, 0.5) is 0 Å². The fourth-order valence-corrected chi connectivity index (χ4v) is 1.75. The summed E-state index contributed by atoms with van der Waals surface area (Å²) in [6.07, 6.45) is 2.65. The van der Waals surface area contributed by atoms with Gasteiger partial charge in [0.15, 0.2) is 6.61 Å². The third kappa shape index (κ3) is 4.39. The Hall–Kier alpha value is -2.36. The van der Waals surface area contributed by atoms with E-state index in [1.165, 1.54) is 5.56 Å². The fourth-order valence-electron chi connectivity index (χ4n) is 1.75. The molecule has 0 aliphatic rings. The molecule has 0 fully saturated rings. The zero-order valence-corrected chi connectivity index (χ0v) is 11.5. The Labute approximate surface area is 118 Å². The molecule has 1 aromatic carbocycles. The summed E-state index contributed by atoms with van der Waals surface area (Å²) in [7, 11) is 0. The molecule has 0 aliphatic heterocycles. The molecule has 4 nitrogen and oxygen atoms in total. The van der Waals surface area contributed by atoms with Gasteiger partial charge in [-0.2, -0.15) is 0 Å². The number of hydrogen-bond acceptors (Lipinski definition) is 3. The van der Waals surface area contributed by atoms with Gasteiger partial charge >= 0.3 is 0 Å². The zero-order valence-electron chi connectivity index (χ0n) is 11.5. The van der Waals surface area contributed by atoms with E-state index in [0.717, 1.165) is 17.9 Å². The monoisotopic (exact) mass is 270 g/mol. The van der Waals surface area contributed by atoms with E-state index in [-0.39, 0.29) is 12.5 Å². The number of aromatic nitrogens is 1. The molecule has 0 atom stereocenters. The summed E-state index contributed by atoms with van der Waals surface area (Å²) in [5.74, 6) is 0.565. The summed E-state index contributed by atoms with van der Waals surface area (Å²) in [5, 5.41) is 2.77. The third-order valence-corrected chi connectivity index (χ3v) is 2.87. The van der Waals surface area contributed by atoms with Gasteiger partial charge in [0.1, 0.15) is 5.75 Å². The van der Waals surface area contributed by atoms with Crippen molar-refractivity contribution in [3.05, 3.63) is 59.9 Å². The van der Waals surface area contributed by atoms with Crippen LogP contribution in [0, 0.1) is 0 Å². The molecule has 4 heteroatoms. The minimum absolute atomic E-state index is 0.0139. The van der Waals surface area contributed by atoms with E-state index in [2.05, 4.69) is 17.2 Å². The van der Waals surface area contributed by atoms with E-state index in [0.29, 0.717) is 6.54 Å². The molecule has 0 aliphatic carbocycles. The van der Waals surface area contributed by atoms with Gasteiger partial charge in [0.2, 0.25) is 0 Å². The highest BCUT2D eigenvalue weighted by atomic mass is 16.5. The van der Waals surface area contributed by atoms with Crippen molar-refractivity contribution in [1.29, 1.82) is 0 Å². The van der Waals surface area contributed by atoms with Crippen LogP contribution in [0.2, 0.25) is 0 Å². The standard InChI is InChI=1S/C16H18N2O2/c1-2-13-6-5-8-15(10-13)20-12-16(19)18-11-14-7-3-4-9-17-14/h3-10H,2,11-12H2,1H3,(H,18,19). The van der Waals surface area contributed by atoms with Crippen LogP contribution in [0.1, 0.15) is 18.2 Å². The Morgan fingerprint density at radius 1 is 1.25 bits per heavy atom. The summed E-state index contributed by atoms with van der Waals surface area (Å²) < 4.78 is 5.47. The summed E-state index contributed by atoms with van der Waals surface area (Å²) in [6.45, 7) is 2.51. The minimum atomic E-state index is -0.155. The molecule has 1 amide bonds. The second-order valence-corrected chi connectivity index (χ2v) is 4.39. The molecule has 0 unspecified atom stereocenters. The SMILES string of the molecule is CCc1cccc(OCC(=O)NCc2ccccn2)c1. The molecule has 0 saturated carbocycles. The lowest BCUT2D eigenvalue weighted by atomic mass is 10.2. The average Bonchev–Trinajstić information content (AvgIpc) is 2.52. The van der Waals surface area contributed by atoms with Crippen molar-refractivity contribution in [2.45, 2.75) is 19.9 Å². The molecule has 0 bridgehead atoms. The number of hydrogen-bond donors (Lipinski definition) is 1. The third-order valence-electron chi connectivity index (χ3n) is 2.87. The molecule has 2 rings (SSSR count). The maximum absolute atomic E-state index is 11.7. The summed E-state index contributed by atoms with van der Waals surface area (Å²) in [4.78, 5) is 15.8. The molecular weight excluding hydrogens is 252 g/mol. The van der Waals surface area contributed by atoms with Gasteiger partial charge < -0.3 is 10.1 Å². The van der Waals surface area contributed by atoms with E-state index in [1.54, 1.807) is 6.20 Å². The Morgan fingerprint density at radius 2 is 2.15 bits per heavy atom. The van der Waals surface area contributed by atoms with Gasteiger partial charge in [-0.1, -0.05) is 25.1 Å². The predicted molar refractivity (Wildman–Crippen MR) is 77.4 cm³/mol. The highest BCUT2D eigenvalue weighted by Crippen LogP contribution is 2.13. The highest BCUT2D eigenvalue weighted by molar-refractivity contribution is 5.77. The number of amides is 1. The molecule has 20 heavy (non-hydrogen) atoms. The number of ether oxygens (including phenoxy) is 1. The summed E-state index contributed by atoms with van der Waals surface area (Å²) >= 11 is 0. The second-order valence-electron chi connectivity index (χ2n) is 4.39. The van der Waals surface area contributed by atoms with Gasteiger partial charge in [0, 0.05) is 6.20 Å². The predicted octanol–water partition coefficient (Wildman–Crippen LogP) is 2.34. The van der Waals surface area contributed by atoms with Crippen molar-refractivity contribution in [2.24, 2.45) is 0 Å². The van der Waals surface area contributed by atoms with Crippen molar-refractivity contribution in [3.8, 4) is 5.75 Å². The molecular formula is C16H18N2O2. The van der Waals surface area contributed by atoms with Gasteiger partial charge in [-0.15, -0.1) is 0 Å². The van der Waals surface area contributed by atoms with Crippen LogP contribution in [0.25, 0.3) is 0 Å². The number of aryl methyl sites for hydroxylation is 1. The fraction of sp³-hybridized carbons (Fsp3) is 0.250. The van der Waals surface area contributed by atoms with E-state index in [4.69, 9.17) is 4.74 Å². The van der Waals surface area contributed by atoms with Crippen LogP contribution in [0.3, 0.4) is 0 Å². The zero-order chi connectivity index (χ0) is 14.2. The van der Waals surface area contributed by atoms with Crippen LogP contribution < -0.4 is 10.1 Å². The van der Waals surface area contributed by atoms with Crippen LogP contribution >= 0.6 is 0 Å². The molecule has 1 heterocycles. The number of rotatable bonds is 6. The van der Waals surface area contributed by atoms with Crippen LogP contribution in [0.5, 0.6) is 5.75 Å². The topological polar surface area (TPSA) is 51.2 Å². The quantitative estimate of drug-likeness (QED) is 0.876. The molecule has 1 N–H and O–H groups in total. The van der Waals surface area contributed by atoms with Crippen LogP contribution in [0.15, 0.2) is 48.7 Å². The average molecular weight is 270 g/mol. The Bertz CT molecular complexity index is 555. The van der Waals surface area contributed by atoms with Gasteiger partial charge in [-0.25, -0.2) is 0 Å². The van der Waals surface area contributed by atoms with Crippen molar-refractivity contribution in [2.75, 3.05) is 6.61 Å². The maximum Gasteiger partial charge on any atom is 0.258 e. The second kappa shape index (κ2) is 7.28. The molecule has 0 radical (unpaired) electrons. The summed E-state index contributed by atoms with van der Waals surface area (Å²) in [6, 6.07) is 13.4. The molecule has 104 valence electrons. The molecule has 2 aromatic rings. The van der Waals surface area contributed by atoms with Crippen molar-refractivity contribution < 1.29 is 9.53 Å². The van der Waals surface area contributed by atoms with E-state index < -0.39 is 0 Å². The lowest BCUT2D eigenvalue weighted by Gasteiger charge is -2.08. The van der Waals surface area contributed by atoms with Gasteiger partial charge in [0.25, 0.3) is 5.91 Å². The van der Waals surface area contributed by atoms with Gasteiger partial charge in [-0.05, 0) is 36.2 Å². The van der Waals surface area contributed by atoms with E-state index >= 15 is 0 Å². The Balaban J connectivity index is 1.77. The number of nitrogens with one attached hydrogen (secondary N) is 1. The Morgan fingerprint density at radius 3 is 2.90 bits per heavy atom. The van der Waals surface area contributed by atoms with Crippen molar-refractivity contribution in [3.63, 3.8) is 0 Å². The first-order valence-corrected chi connectivity index (χ1v) is 6.66. The molecule has 0 spiro atoms. The Kier molecular flexibility index (Phi) is 5.12. The van der Waals surface area contributed by atoms with Gasteiger partial charge in [-0.3, -0.25) is 9.78 Å².